The van der Waals surface area contributed by atoms with E-state index in [2.05, 4.69) is 10.6 Å². The first-order valence-corrected chi connectivity index (χ1v) is 5.51. The number of carbonyl (C=O) groups is 1. The van der Waals surface area contributed by atoms with Crippen LogP contribution in [0.15, 0.2) is 18.2 Å². The molecule has 0 radical (unpaired) electrons. The van der Waals surface area contributed by atoms with E-state index in [1.807, 2.05) is 0 Å². The van der Waals surface area contributed by atoms with Gasteiger partial charge in [-0.25, -0.2) is 4.39 Å². The topological polar surface area (TPSA) is 41.1 Å². The highest BCUT2D eigenvalue weighted by molar-refractivity contribution is 7.59. The third-order valence-electron chi connectivity index (χ3n) is 2.62. The molecule has 3 nitrogen and oxygen atoms in total. The second-order valence-corrected chi connectivity index (χ2v) is 4.22. The molecule has 2 rings (SSSR count). The third-order valence-corrected chi connectivity index (χ3v) is 2.91. The summed E-state index contributed by atoms with van der Waals surface area (Å²) in [5, 5.41) is 5.85. The molecule has 0 aromatic heterocycles. The fourth-order valence-corrected chi connectivity index (χ4v) is 1.88. The Morgan fingerprint density at radius 3 is 2.78 bits per heavy atom. The number of rotatable bonds is 2. The van der Waals surface area contributed by atoms with Gasteiger partial charge in [0, 0.05) is 12.2 Å². The predicted octanol–water partition coefficient (Wildman–Crippen LogP) is 2.56. The number of carbonyl (C=O) groups excluding carboxylic acids is 1. The van der Waals surface area contributed by atoms with Crippen LogP contribution in [0.1, 0.15) is 6.42 Å². The first kappa shape index (κ1) is 17.5. The Bertz CT molecular complexity index is 414. The molecule has 0 unspecified atom stereocenters. The van der Waals surface area contributed by atoms with Crippen LogP contribution in [0.2, 0.25) is 5.02 Å². The van der Waals surface area contributed by atoms with Crippen LogP contribution in [0.5, 0.6) is 0 Å². The van der Waals surface area contributed by atoms with E-state index in [0.29, 0.717) is 12.2 Å². The van der Waals surface area contributed by atoms with Gasteiger partial charge in [-0.2, -0.15) is 13.5 Å². The highest BCUT2D eigenvalue weighted by atomic mass is 35.5. The Morgan fingerprint density at radius 1 is 1.50 bits per heavy atom. The Kier molecular flexibility index (Phi) is 7.62. The van der Waals surface area contributed by atoms with E-state index >= 15 is 0 Å². The van der Waals surface area contributed by atoms with Crippen molar-refractivity contribution in [3.8, 4) is 0 Å². The van der Waals surface area contributed by atoms with Gasteiger partial charge in [0.2, 0.25) is 5.91 Å². The first-order valence-electron chi connectivity index (χ1n) is 5.13. The van der Waals surface area contributed by atoms with Crippen LogP contribution in [-0.2, 0) is 4.79 Å². The van der Waals surface area contributed by atoms with Crippen molar-refractivity contribution >= 4 is 49.1 Å². The number of hydrogen-bond donors (Lipinski definition) is 2. The molecule has 1 fully saturated rings. The zero-order valence-electron chi connectivity index (χ0n) is 9.50. The van der Waals surface area contributed by atoms with Crippen LogP contribution < -0.4 is 10.6 Å². The van der Waals surface area contributed by atoms with Crippen LogP contribution in [0.25, 0.3) is 0 Å². The predicted molar refractivity (Wildman–Crippen MR) is 78.6 cm³/mol. The number of halogens is 3. The van der Waals surface area contributed by atoms with E-state index in [1.165, 1.54) is 18.2 Å². The second-order valence-electron chi connectivity index (χ2n) is 3.81. The molecule has 0 saturated carbocycles. The Hall–Kier alpha value is -0.490. The van der Waals surface area contributed by atoms with Crippen LogP contribution >= 0.6 is 37.5 Å². The van der Waals surface area contributed by atoms with Gasteiger partial charge in [0.05, 0.1) is 10.9 Å². The minimum atomic E-state index is -0.484. The van der Waals surface area contributed by atoms with Gasteiger partial charge in [0.25, 0.3) is 0 Å². The third kappa shape index (κ3) is 4.31. The molecule has 1 heterocycles. The molecule has 0 aliphatic carbocycles. The normalized spacial score (nSPS) is 17.6. The highest BCUT2D eigenvalue weighted by Gasteiger charge is 2.22. The van der Waals surface area contributed by atoms with Gasteiger partial charge < -0.3 is 10.6 Å². The van der Waals surface area contributed by atoms with Gasteiger partial charge in [0.15, 0.2) is 0 Å². The molecular weight excluding hydrogens is 298 g/mol. The lowest BCUT2D eigenvalue weighted by atomic mass is 10.1. The monoisotopic (exact) mass is 312 g/mol. The molecule has 1 atom stereocenters. The van der Waals surface area contributed by atoms with E-state index in [4.69, 9.17) is 11.6 Å². The van der Waals surface area contributed by atoms with Crippen LogP contribution in [0.3, 0.4) is 0 Å². The molecule has 2 N–H and O–H groups in total. The lowest BCUT2D eigenvalue weighted by molar-refractivity contribution is -0.119. The van der Waals surface area contributed by atoms with Gasteiger partial charge in [-0.05, 0) is 31.2 Å². The molecule has 102 valence electrons. The zero-order valence-corrected chi connectivity index (χ0v) is 12.1. The SMILES string of the molecule is Cl.O=C(Nc1ccc(F)c(Cl)c1)[C@H]1CCNC1.S. The summed E-state index contributed by atoms with van der Waals surface area (Å²) in [7, 11) is 0. The van der Waals surface area contributed by atoms with E-state index in [1.54, 1.807) is 0 Å². The summed E-state index contributed by atoms with van der Waals surface area (Å²) in [5.74, 6) is -0.543. The smallest absolute Gasteiger partial charge is 0.228 e. The van der Waals surface area contributed by atoms with Crippen molar-refractivity contribution in [2.75, 3.05) is 18.4 Å². The van der Waals surface area contributed by atoms with Crippen molar-refractivity contribution < 1.29 is 9.18 Å². The quantitative estimate of drug-likeness (QED) is 0.881. The highest BCUT2D eigenvalue weighted by Crippen LogP contribution is 2.20. The molecule has 1 saturated heterocycles. The molecule has 0 spiro atoms. The standard InChI is InChI=1S/C11H12ClFN2O.ClH.H2S/c12-9-5-8(1-2-10(9)13)15-11(16)7-3-4-14-6-7;;/h1-2,5,7,14H,3-4,6H2,(H,15,16);1H;1H2/t7-;;/m0../s1. The van der Waals surface area contributed by atoms with E-state index in [-0.39, 0.29) is 42.8 Å². The molecule has 0 bridgehead atoms. The van der Waals surface area contributed by atoms with Gasteiger partial charge >= 0.3 is 0 Å². The summed E-state index contributed by atoms with van der Waals surface area (Å²) in [5.41, 5.74) is 0.531. The van der Waals surface area contributed by atoms with E-state index < -0.39 is 5.82 Å². The van der Waals surface area contributed by atoms with Crippen LogP contribution in [-0.4, -0.2) is 19.0 Å². The second kappa shape index (κ2) is 7.84. The van der Waals surface area contributed by atoms with Crippen molar-refractivity contribution in [3.05, 3.63) is 29.0 Å². The minimum absolute atomic E-state index is 0. The molecule has 1 aromatic carbocycles. The number of anilines is 1. The lowest BCUT2D eigenvalue weighted by Crippen LogP contribution is -2.24. The summed E-state index contributed by atoms with van der Waals surface area (Å²) in [4.78, 5) is 11.7. The fourth-order valence-electron chi connectivity index (χ4n) is 1.70. The Labute approximate surface area is 123 Å². The maximum absolute atomic E-state index is 12.9. The van der Waals surface area contributed by atoms with E-state index in [0.717, 1.165) is 13.0 Å². The maximum atomic E-state index is 12.9. The van der Waals surface area contributed by atoms with Crippen LogP contribution in [0, 0.1) is 11.7 Å². The van der Waals surface area contributed by atoms with Crippen molar-refractivity contribution in [3.63, 3.8) is 0 Å². The molecule has 18 heavy (non-hydrogen) atoms. The summed E-state index contributed by atoms with van der Waals surface area (Å²) >= 11 is 5.62. The van der Waals surface area contributed by atoms with Gasteiger partial charge in [-0.15, -0.1) is 12.4 Å². The van der Waals surface area contributed by atoms with Crippen molar-refractivity contribution in [2.24, 2.45) is 5.92 Å². The molecule has 1 amide bonds. The average Bonchev–Trinajstić information content (AvgIpc) is 2.77. The Balaban J connectivity index is 0.00000144. The molecule has 1 aliphatic rings. The fraction of sp³-hybridized carbons (Fsp3) is 0.364. The summed E-state index contributed by atoms with van der Waals surface area (Å²) in [6.07, 6.45) is 0.834. The number of hydrogen-bond acceptors (Lipinski definition) is 2. The van der Waals surface area contributed by atoms with Crippen molar-refractivity contribution in [2.45, 2.75) is 6.42 Å². The van der Waals surface area contributed by atoms with Gasteiger partial charge in [-0.3, -0.25) is 4.79 Å². The van der Waals surface area contributed by atoms with Crippen LogP contribution in [0.4, 0.5) is 10.1 Å². The summed E-state index contributed by atoms with van der Waals surface area (Å²) in [6, 6.07) is 4.16. The summed E-state index contributed by atoms with van der Waals surface area (Å²) < 4.78 is 12.9. The molecular formula is C11H15Cl2FN2OS. The zero-order chi connectivity index (χ0) is 11.5. The van der Waals surface area contributed by atoms with Gasteiger partial charge in [-0.1, -0.05) is 11.6 Å². The Morgan fingerprint density at radius 2 is 2.22 bits per heavy atom. The van der Waals surface area contributed by atoms with Crippen molar-refractivity contribution in [1.29, 1.82) is 0 Å². The summed E-state index contributed by atoms with van der Waals surface area (Å²) in [6.45, 7) is 1.56. The minimum Gasteiger partial charge on any atom is -0.326 e. The number of nitrogens with one attached hydrogen (secondary N) is 2. The maximum Gasteiger partial charge on any atom is 0.228 e. The number of benzene rings is 1. The molecule has 1 aromatic rings. The average molecular weight is 313 g/mol. The largest absolute Gasteiger partial charge is 0.326 e. The number of amides is 1. The van der Waals surface area contributed by atoms with Gasteiger partial charge in [0.1, 0.15) is 5.82 Å². The lowest BCUT2D eigenvalue weighted by Gasteiger charge is -2.10. The first-order chi connectivity index (χ1) is 7.66. The van der Waals surface area contributed by atoms with E-state index in [9.17, 15) is 9.18 Å². The molecule has 7 heteroatoms. The van der Waals surface area contributed by atoms with Crippen molar-refractivity contribution in [1.82, 2.24) is 5.32 Å². The molecule has 1 aliphatic heterocycles.